The number of carbonyl (C=O) groups excluding carboxylic acids is 3. The first-order valence-corrected chi connectivity index (χ1v) is 9.73. The largest absolute Gasteiger partial charge is 0.497 e. The van der Waals surface area contributed by atoms with Crippen LogP contribution in [0.1, 0.15) is 41.5 Å². The molecule has 0 aliphatic rings. The maximum absolute atomic E-state index is 12.5. The van der Waals surface area contributed by atoms with E-state index in [1.807, 2.05) is 6.92 Å². The first kappa shape index (κ1) is 22.9. The summed E-state index contributed by atoms with van der Waals surface area (Å²) >= 11 is 0. The van der Waals surface area contributed by atoms with E-state index in [0.717, 1.165) is 0 Å². The van der Waals surface area contributed by atoms with Gasteiger partial charge in [-0.1, -0.05) is 13.8 Å². The van der Waals surface area contributed by atoms with E-state index in [4.69, 9.17) is 14.2 Å². The van der Waals surface area contributed by atoms with Gasteiger partial charge in [0.1, 0.15) is 17.5 Å². The highest BCUT2D eigenvalue weighted by atomic mass is 16.5. The molecule has 0 aromatic heterocycles. The smallest absolute Gasteiger partial charge is 0.329 e. The van der Waals surface area contributed by atoms with Crippen LogP contribution in [-0.4, -0.2) is 44.0 Å². The van der Waals surface area contributed by atoms with Crippen molar-refractivity contribution in [3.63, 3.8) is 0 Å². The summed E-state index contributed by atoms with van der Waals surface area (Å²) in [5.74, 6) is -0.348. The van der Waals surface area contributed by atoms with Gasteiger partial charge in [0.05, 0.1) is 13.7 Å². The number of benzene rings is 2. The predicted molar refractivity (Wildman–Crippen MR) is 112 cm³/mol. The number of methoxy groups -OCH3 is 1. The molecule has 0 bridgehead atoms. The minimum atomic E-state index is -0.882. The summed E-state index contributed by atoms with van der Waals surface area (Å²) in [5, 5.41) is 2.67. The third-order valence-electron chi connectivity index (χ3n) is 4.39. The SMILES string of the molecule is CCOc1ccc(C(=O)COC(=O)[C@@H](NC(=O)c2ccc(OC)cc2)C(C)C)cc1. The lowest BCUT2D eigenvalue weighted by Gasteiger charge is -2.20. The Morgan fingerprint density at radius 2 is 1.47 bits per heavy atom. The number of Topliss-reactive ketones (excluding diaryl/α,β-unsaturated/α-hetero) is 1. The summed E-state index contributed by atoms with van der Waals surface area (Å²) in [6.45, 7) is 5.57. The van der Waals surface area contributed by atoms with E-state index in [1.54, 1.807) is 62.4 Å². The van der Waals surface area contributed by atoms with Gasteiger partial charge < -0.3 is 19.5 Å². The predicted octanol–water partition coefficient (Wildman–Crippen LogP) is 3.27. The molecular weight excluding hydrogens is 386 g/mol. The number of amides is 1. The van der Waals surface area contributed by atoms with Gasteiger partial charge in [-0.2, -0.15) is 0 Å². The molecule has 1 amide bonds. The van der Waals surface area contributed by atoms with Crippen molar-refractivity contribution in [3.8, 4) is 11.5 Å². The van der Waals surface area contributed by atoms with Crippen molar-refractivity contribution in [3.05, 3.63) is 59.7 Å². The van der Waals surface area contributed by atoms with E-state index in [1.165, 1.54) is 7.11 Å². The maximum Gasteiger partial charge on any atom is 0.329 e. The Hall–Kier alpha value is -3.35. The molecule has 0 aliphatic carbocycles. The summed E-state index contributed by atoms with van der Waals surface area (Å²) in [5.41, 5.74) is 0.800. The Labute approximate surface area is 176 Å². The van der Waals surface area contributed by atoms with Crippen molar-refractivity contribution >= 4 is 17.7 Å². The van der Waals surface area contributed by atoms with Crippen molar-refractivity contribution in [2.75, 3.05) is 20.3 Å². The average molecular weight is 413 g/mol. The number of rotatable bonds is 10. The van der Waals surface area contributed by atoms with Crippen molar-refractivity contribution in [1.29, 1.82) is 0 Å². The highest BCUT2D eigenvalue weighted by molar-refractivity contribution is 5.99. The minimum absolute atomic E-state index is 0.222. The molecule has 0 fully saturated rings. The molecule has 0 radical (unpaired) electrons. The van der Waals surface area contributed by atoms with E-state index in [9.17, 15) is 14.4 Å². The molecule has 2 aromatic rings. The van der Waals surface area contributed by atoms with E-state index in [0.29, 0.717) is 29.2 Å². The van der Waals surface area contributed by atoms with Gasteiger partial charge in [0.25, 0.3) is 5.91 Å². The third-order valence-corrected chi connectivity index (χ3v) is 4.39. The Morgan fingerprint density at radius 1 is 0.900 bits per heavy atom. The van der Waals surface area contributed by atoms with Crippen molar-refractivity contribution < 1.29 is 28.6 Å². The summed E-state index contributed by atoms with van der Waals surface area (Å²) in [7, 11) is 1.54. The third kappa shape index (κ3) is 6.34. The maximum atomic E-state index is 12.5. The fourth-order valence-electron chi connectivity index (χ4n) is 2.68. The number of esters is 1. The van der Waals surface area contributed by atoms with Gasteiger partial charge in [-0.15, -0.1) is 0 Å². The van der Waals surface area contributed by atoms with Crippen molar-refractivity contribution in [1.82, 2.24) is 5.32 Å². The van der Waals surface area contributed by atoms with E-state index >= 15 is 0 Å². The molecule has 7 nitrogen and oxygen atoms in total. The van der Waals surface area contributed by atoms with Crippen LogP contribution >= 0.6 is 0 Å². The Balaban J connectivity index is 1.95. The topological polar surface area (TPSA) is 90.9 Å². The van der Waals surface area contributed by atoms with Gasteiger partial charge in [0.15, 0.2) is 12.4 Å². The lowest BCUT2D eigenvalue weighted by molar-refractivity contribution is -0.145. The summed E-state index contributed by atoms with van der Waals surface area (Å²) < 4.78 is 15.6. The van der Waals surface area contributed by atoms with Crippen molar-refractivity contribution in [2.24, 2.45) is 5.92 Å². The van der Waals surface area contributed by atoms with Crippen LogP contribution in [0.4, 0.5) is 0 Å². The molecule has 2 rings (SSSR count). The highest BCUT2D eigenvalue weighted by Crippen LogP contribution is 2.14. The van der Waals surface area contributed by atoms with Crippen LogP contribution in [0.3, 0.4) is 0 Å². The summed E-state index contributed by atoms with van der Waals surface area (Å²) in [4.78, 5) is 37.3. The van der Waals surface area contributed by atoms with Gasteiger partial charge in [-0.3, -0.25) is 9.59 Å². The van der Waals surface area contributed by atoms with Crippen LogP contribution in [0, 0.1) is 5.92 Å². The number of hydrogen-bond acceptors (Lipinski definition) is 6. The molecule has 1 N–H and O–H groups in total. The first-order chi connectivity index (χ1) is 14.3. The second kappa shape index (κ2) is 11.0. The molecule has 0 heterocycles. The number of hydrogen-bond donors (Lipinski definition) is 1. The van der Waals surface area contributed by atoms with Gasteiger partial charge in [-0.25, -0.2) is 4.79 Å². The van der Waals surface area contributed by atoms with Crippen LogP contribution < -0.4 is 14.8 Å². The first-order valence-electron chi connectivity index (χ1n) is 9.73. The van der Waals surface area contributed by atoms with Crippen LogP contribution in [0.5, 0.6) is 11.5 Å². The fraction of sp³-hybridized carbons (Fsp3) is 0.348. The van der Waals surface area contributed by atoms with Crippen LogP contribution in [0.2, 0.25) is 0 Å². The van der Waals surface area contributed by atoms with E-state index in [-0.39, 0.29) is 11.7 Å². The molecule has 0 unspecified atom stereocenters. The normalized spacial score (nSPS) is 11.5. The zero-order valence-electron chi connectivity index (χ0n) is 17.6. The van der Waals surface area contributed by atoms with Gasteiger partial charge in [0.2, 0.25) is 0 Å². The quantitative estimate of drug-likeness (QED) is 0.475. The molecule has 2 aromatic carbocycles. The lowest BCUT2D eigenvalue weighted by Crippen LogP contribution is -2.45. The standard InChI is InChI=1S/C23H27NO6/c1-5-29-19-12-6-16(7-13-19)20(25)14-30-23(27)21(15(2)3)24-22(26)17-8-10-18(28-4)11-9-17/h6-13,15,21H,5,14H2,1-4H3,(H,24,26)/t21-/m0/s1. The Bertz CT molecular complexity index is 858. The molecular formula is C23H27NO6. The monoisotopic (exact) mass is 413 g/mol. The van der Waals surface area contributed by atoms with E-state index in [2.05, 4.69) is 5.32 Å². The van der Waals surface area contributed by atoms with E-state index < -0.39 is 24.5 Å². The Kier molecular flexibility index (Phi) is 8.41. The number of carbonyl (C=O) groups is 3. The zero-order chi connectivity index (χ0) is 22.1. The molecule has 0 aliphatic heterocycles. The van der Waals surface area contributed by atoms with Gasteiger partial charge >= 0.3 is 5.97 Å². The molecule has 0 saturated heterocycles. The molecule has 160 valence electrons. The van der Waals surface area contributed by atoms with Gasteiger partial charge in [0, 0.05) is 11.1 Å². The van der Waals surface area contributed by atoms with Crippen molar-refractivity contribution in [2.45, 2.75) is 26.8 Å². The molecule has 30 heavy (non-hydrogen) atoms. The second-order valence-electron chi connectivity index (χ2n) is 6.91. The fourth-order valence-corrected chi connectivity index (χ4v) is 2.68. The second-order valence-corrected chi connectivity index (χ2v) is 6.91. The summed E-state index contributed by atoms with van der Waals surface area (Å²) in [6, 6.07) is 12.3. The van der Waals surface area contributed by atoms with Crippen LogP contribution in [0.25, 0.3) is 0 Å². The number of ether oxygens (including phenoxy) is 3. The lowest BCUT2D eigenvalue weighted by atomic mass is 10.0. The molecule has 0 saturated carbocycles. The number of nitrogens with one attached hydrogen (secondary N) is 1. The molecule has 7 heteroatoms. The molecule has 1 atom stereocenters. The minimum Gasteiger partial charge on any atom is -0.497 e. The highest BCUT2D eigenvalue weighted by Gasteiger charge is 2.27. The zero-order valence-corrected chi connectivity index (χ0v) is 17.6. The number of ketones is 1. The summed E-state index contributed by atoms with van der Waals surface area (Å²) in [6.07, 6.45) is 0. The van der Waals surface area contributed by atoms with Crippen LogP contribution in [0.15, 0.2) is 48.5 Å². The Morgan fingerprint density at radius 3 is 2.00 bits per heavy atom. The van der Waals surface area contributed by atoms with Crippen LogP contribution in [-0.2, 0) is 9.53 Å². The van der Waals surface area contributed by atoms with Gasteiger partial charge in [-0.05, 0) is 61.4 Å². The average Bonchev–Trinajstić information content (AvgIpc) is 2.76. The molecule has 0 spiro atoms.